The summed E-state index contributed by atoms with van der Waals surface area (Å²) in [7, 11) is -1.38. The maximum atomic E-state index is 14.3. The van der Waals surface area contributed by atoms with Crippen LogP contribution in [0.5, 0.6) is 0 Å². The lowest BCUT2D eigenvalue weighted by Gasteiger charge is -2.43. The largest absolute Gasteiger partial charge is 0.450 e. The van der Waals surface area contributed by atoms with Crippen LogP contribution in [0.25, 0.3) is 0 Å². The van der Waals surface area contributed by atoms with Crippen molar-refractivity contribution >= 4 is 66.8 Å². The molecule has 61 heavy (non-hydrogen) atoms. The maximum absolute atomic E-state index is 14.3. The molecule has 0 aliphatic carbocycles. The Bertz CT molecular complexity index is 2050. The van der Waals surface area contributed by atoms with Gasteiger partial charge in [0.05, 0.1) is 12.6 Å². The van der Waals surface area contributed by atoms with Crippen molar-refractivity contribution in [2.24, 2.45) is 0 Å². The second-order valence-corrected chi connectivity index (χ2v) is 23.2. The molecule has 2 aliphatic rings. The highest BCUT2D eigenvalue weighted by atomic mass is 28.3. The van der Waals surface area contributed by atoms with Crippen LogP contribution in [0.2, 0.25) is 25.7 Å². The van der Waals surface area contributed by atoms with Gasteiger partial charge in [0, 0.05) is 49.8 Å². The highest BCUT2D eigenvalue weighted by Crippen LogP contribution is 2.43. The van der Waals surface area contributed by atoms with Crippen molar-refractivity contribution in [2.75, 3.05) is 40.1 Å². The molecule has 0 unspecified atom stereocenters. The minimum atomic E-state index is -1.38. The van der Waals surface area contributed by atoms with Crippen LogP contribution in [0.15, 0.2) is 72.8 Å². The zero-order valence-electron chi connectivity index (χ0n) is 36.5. The molecule has 0 radical (unpaired) electrons. The topological polar surface area (TPSA) is 176 Å². The van der Waals surface area contributed by atoms with Crippen LogP contribution in [-0.4, -0.2) is 86.4 Å². The number of amides is 6. The van der Waals surface area contributed by atoms with Gasteiger partial charge in [0.2, 0.25) is 17.7 Å². The number of ether oxygens (including phenoxy) is 3. The van der Waals surface area contributed by atoms with E-state index in [-0.39, 0.29) is 36.9 Å². The van der Waals surface area contributed by atoms with Crippen molar-refractivity contribution in [3.8, 4) is 0 Å². The molecule has 1 fully saturated rings. The Morgan fingerprint density at radius 3 is 2.15 bits per heavy atom. The van der Waals surface area contributed by atoms with Gasteiger partial charge in [-0.25, -0.2) is 14.4 Å². The fraction of sp³-hybridized carbons (Fsp3) is 0.467. The third-order valence-electron chi connectivity index (χ3n) is 10.4. The van der Waals surface area contributed by atoms with Gasteiger partial charge in [0.1, 0.15) is 24.8 Å². The molecule has 328 valence electrons. The molecule has 3 atom stereocenters. The Kier molecular flexibility index (Phi) is 15.2. The monoisotopic (exact) mass is 856 g/mol. The second kappa shape index (κ2) is 20.1. The van der Waals surface area contributed by atoms with Gasteiger partial charge < -0.3 is 34.6 Å². The van der Waals surface area contributed by atoms with E-state index in [2.05, 4.69) is 35.6 Å². The summed E-state index contributed by atoms with van der Waals surface area (Å²) in [6.45, 7) is 16.0. The van der Waals surface area contributed by atoms with Crippen molar-refractivity contribution in [1.29, 1.82) is 0 Å². The lowest BCUT2D eigenvalue weighted by molar-refractivity contribution is -0.135. The number of nitrogens with zero attached hydrogens (tertiary/aromatic N) is 3. The number of benzene rings is 3. The standard InChI is InChI=1S/C45H60N6O9Si/c1-9-39(52)50-30(2)27-38(35-13-10-11-14-36(35)50)51(34-22-20-33(21-23-34)48-43(56)58-25-26-61(6,7)8)44(57)59-29-31-16-18-32(19-17-31)47-41(54)37-15-12-24-49(37)40(53)28-46-42(55)60-45(3,4)5/h10-11,13-14,16-23,30,37-38H,9,12,15,24-29H2,1-8H3,(H,46,55)(H,47,54)(H,48,56)/t30-,37-,38+/m0/s1. The summed E-state index contributed by atoms with van der Waals surface area (Å²) < 4.78 is 16.6. The molecule has 0 bridgehead atoms. The van der Waals surface area contributed by atoms with Gasteiger partial charge in [0.25, 0.3) is 0 Å². The van der Waals surface area contributed by atoms with Crippen LogP contribution in [0.1, 0.15) is 77.5 Å². The number of rotatable bonds is 13. The van der Waals surface area contributed by atoms with Crippen LogP contribution >= 0.6 is 0 Å². The van der Waals surface area contributed by atoms with Crippen molar-refractivity contribution in [2.45, 2.75) is 116 Å². The van der Waals surface area contributed by atoms with E-state index in [1.54, 1.807) is 79.1 Å². The molecule has 2 heterocycles. The van der Waals surface area contributed by atoms with Crippen molar-refractivity contribution < 1.29 is 43.0 Å². The van der Waals surface area contributed by atoms with E-state index in [1.807, 2.05) is 38.1 Å². The lowest BCUT2D eigenvalue weighted by atomic mass is 9.90. The van der Waals surface area contributed by atoms with Crippen LogP contribution < -0.4 is 25.8 Å². The number of carbonyl (C=O) groups is 6. The van der Waals surface area contributed by atoms with E-state index >= 15 is 0 Å². The molecule has 0 saturated carbocycles. The zero-order valence-corrected chi connectivity index (χ0v) is 37.5. The molecule has 5 rings (SSSR count). The third kappa shape index (κ3) is 12.8. The minimum Gasteiger partial charge on any atom is -0.450 e. The first-order valence-corrected chi connectivity index (χ1v) is 24.6. The van der Waals surface area contributed by atoms with Gasteiger partial charge in [-0.3, -0.25) is 24.6 Å². The van der Waals surface area contributed by atoms with Crippen molar-refractivity contribution in [1.82, 2.24) is 10.2 Å². The van der Waals surface area contributed by atoms with Crippen LogP contribution in [0.3, 0.4) is 0 Å². The Balaban J connectivity index is 1.27. The molecule has 0 spiro atoms. The van der Waals surface area contributed by atoms with Gasteiger partial charge in [-0.05, 0) is 107 Å². The number of likely N-dealkylation sites (tertiary alicyclic amines) is 1. The zero-order chi connectivity index (χ0) is 44.5. The third-order valence-corrected chi connectivity index (χ3v) is 12.1. The Morgan fingerprint density at radius 2 is 1.49 bits per heavy atom. The van der Waals surface area contributed by atoms with E-state index in [1.165, 1.54) is 4.90 Å². The summed E-state index contributed by atoms with van der Waals surface area (Å²) in [5, 5.41) is 8.11. The van der Waals surface area contributed by atoms with Crippen molar-refractivity contribution in [3.05, 3.63) is 83.9 Å². The summed E-state index contributed by atoms with van der Waals surface area (Å²) in [5.41, 5.74) is 3.02. The number of anilines is 4. The van der Waals surface area contributed by atoms with Gasteiger partial charge in [-0.1, -0.05) is 56.9 Å². The second-order valence-electron chi connectivity index (χ2n) is 17.6. The first-order valence-electron chi connectivity index (χ1n) is 20.9. The summed E-state index contributed by atoms with van der Waals surface area (Å²) in [5.74, 6) is -0.742. The van der Waals surface area contributed by atoms with Gasteiger partial charge in [-0.15, -0.1) is 0 Å². The summed E-state index contributed by atoms with van der Waals surface area (Å²) in [4.78, 5) is 83.1. The number of alkyl carbamates (subject to hydrolysis) is 1. The molecule has 6 amide bonds. The summed E-state index contributed by atoms with van der Waals surface area (Å²) in [6.07, 6.45) is 0.0329. The molecule has 3 aromatic rings. The van der Waals surface area contributed by atoms with E-state index in [0.29, 0.717) is 61.5 Å². The number of hydrogen-bond acceptors (Lipinski definition) is 9. The molecule has 15 nitrogen and oxygen atoms in total. The molecular weight excluding hydrogens is 797 g/mol. The highest BCUT2D eigenvalue weighted by Gasteiger charge is 2.39. The van der Waals surface area contributed by atoms with Gasteiger partial charge in [0.15, 0.2) is 0 Å². The van der Waals surface area contributed by atoms with E-state index in [0.717, 1.165) is 17.3 Å². The Hall–Kier alpha value is -5.90. The molecule has 2 aliphatic heterocycles. The first kappa shape index (κ1) is 46.2. The predicted molar refractivity (Wildman–Crippen MR) is 237 cm³/mol. The average molecular weight is 857 g/mol. The Morgan fingerprint density at radius 1 is 0.836 bits per heavy atom. The molecule has 3 N–H and O–H groups in total. The molecule has 1 saturated heterocycles. The quantitative estimate of drug-likeness (QED) is 0.113. The van der Waals surface area contributed by atoms with Crippen LogP contribution in [-0.2, 0) is 35.2 Å². The molecular formula is C45H60N6O9Si. The first-order chi connectivity index (χ1) is 28.8. The average Bonchev–Trinajstić information content (AvgIpc) is 3.70. The summed E-state index contributed by atoms with van der Waals surface area (Å²) >= 11 is 0. The maximum Gasteiger partial charge on any atom is 0.415 e. The number of hydrogen-bond donors (Lipinski definition) is 3. The summed E-state index contributed by atoms with van der Waals surface area (Å²) in [6, 6.07) is 20.8. The van der Waals surface area contributed by atoms with Gasteiger partial charge >= 0.3 is 18.3 Å². The van der Waals surface area contributed by atoms with Crippen molar-refractivity contribution in [3.63, 3.8) is 0 Å². The van der Waals surface area contributed by atoms with Gasteiger partial charge in [-0.2, -0.15) is 0 Å². The normalized spacial score (nSPS) is 17.4. The minimum absolute atomic E-state index is 0.0130. The molecule has 3 aromatic carbocycles. The van der Waals surface area contributed by atoms with Crippen LogP contribution in [0, 0.1) is 0 Å². The number of carbonyl (C=O) groups excluding carboxylic acids is 6. The number of fused-ring (bicyclic) bond motifs is 1. The molecule has 0 aromatic heterocycles. The fourth-order valence-corrected chi connectivity index (χ4v) is 8.04. The SMILES string of the molecule is CCC(=O)N1c2ccccc2[C@H](N(C(=O)OCc2ccc(NC(=O)[C@@H]3CCCN3C(=O)CNC(=O)OC(C)(C)C)cc2)c2ccc(NC(=O)OCC[Si](C)(C)C)cc2)C[C@@H]1C. The van der Waals surface area contributed by atoms with Crippen LogP contribution in [0.4, 0.5) is 37.1 Å². The smallest absolute Gasteiger partial charge is 0.415 e. The lowest BCUT2D eigenvalue weighted by Crippen LogP contribution is -2.47. The van der Waals surface area contributed by atoms with E-state index in [4.69, 9.17) is 14.2 Å². The number of para-hydroxylation sites is 1. The van der Waals surface area contributed by atoms with E-state index in [9.17, 15) is 28.8 Å². The predicted octanol–water partition coefficient (Wildman–Crippen LogP) is 8.45. The number of nitrogens with one attached hydrogen (secondary N) is 3. The Labute approximate surface area is 359 Å². The van der Waals surface area contributed by atoms with E-state index < -0.39 is 44.0 Å². The highest BCUT2D eigenvalue weighted by molar-refractivity contribution is 6.76. The fourth-order valence-electron chi connectivity index (χ4n) is 7.32. The molecule has 16 heteroatoms.